The highest BCUT2D eigenvalue weighted by Crippen LogP contribution is 2.07. The summed E-state index contributed by atoms with van der Waals surface area (Å²) < 4.78 is 5.02. The minimum Gasteiger partial charge on any atom is -0.377 e. The van der Waals surface area contributed by atoms with Gasteiger partial charge in [-0.3, -0.25) is 0 Å². The van der Waals surface area contributed by atoms with Crippen LogP contribution in [0.4, 0.5) is 0 Å². The van der Waals surface area contributed by atoms with Crippen LogP contribution in [0.15, 0.2) is 5.57 Å². The molecule has 0 atom stereocenters. The highest BCUT2D eigenvalue weighted by atomic mass is 16.5. The molecule has 1 heterocycles. The van der Waals surface area contributed by atoms with E-state index in [9.17, 15) is 0 Å². The lowest BCUT2D eigenvalue weighted by Crippen LogP contribution is -2.06. The number of hydrogen-bond donors (Lipinski definition) is 0. The average Bonchev–Trinajstić information content (AvgIpc) is 1.69. The summed E-state index contributed by atoms with van der Waals surface area (Å²) in [5, 5.41) is 0. The van der Waals surface area contributed by atoms with Gasteiger partial charge in [0.15, 0.2) is 0 Å². The van der Waals surface area contributed by atoms with Crippen LogP contribution in [0.1, 0.15) is 12.8 Å². The van der Waals surface area contributed by atoms with Crippen molar-refractivity contribution in [2.24, 2.45) is 0 Å². The molecule has 0 aromatic carbocycles. The SMILES string of the molecule is [CH]=C1CCCOC1. The standard InChI is InChI=1S/C6H9O/c1-6-3-2-4-7-5-6/h1H,2-5H2. The van der Waals surface area contributed by atoms with Crippen LogP contribution in [-0.4, -0.2) is 13.2 Å². The Labute approximate surface area is 44.0 Å². The van der Waals surface area contributed by atoms with Crippen LogP contribution < -0.4 is 0 Å². The molecule has 7 heavy (non-hydrogen) atoms. The Hall–Kier alpha value is -0.300. The van der Waals surface area contributed by atoms with E-state index >= 15 is 0 Å². The molecule has 1 rings (SSSR count). The zero-order valence-electron chi connectivity index (χ0n) is 4.31. The smallest absolute Gasteiger partial charge is 0.0679 e. The van der Waals surface area contributed by atoms with Crippen molar-refractivity contribution in [1.29, 1.82) is 0 Å². The van der Waals surface area contributed by atoms with Gasteiger partial charge in [-0.2, -0.15) is 0 Å². The van der Waals surface area contributed by atoms with Crippen molar-refractivity contribution in [3.05, 3.63) is 12.2 Å². The van der Waals surface area contributed by atoms with Crippen molar-refractivity contribution in [3.8, 4) is 0 Å². The Bertz CT molecular complexity index is 68.2. The molecule has 0 aromatic heterocycles. The maximum atomic E-state index is 5.43. The van der Waals surface area contributed by atoms with Crippen molar-refractivity contribution < 1.29 is 4.74 Å². The molecule has 0 aliphatic carbocycles. The van der Waals surface area contributed by atoms with Gasteiger partial charge in [-0.05, 0) is 18.4 Å². The number of ether oxygens (including phenoxy) is 1. The maximum Gasteiger partial charge on any atom is 0.0679 e. The highest BCUT2D eigenvalue weighted by Gasteiger charge is 2.00. The van der Waals surface area contributed by atoms with Gasteiger partial charge in [0.1, 0.15) is 0 Å². The Balaban J connectivity index is 2.25. The lowest BCUT2D eigenvalue weighted by atomic mass is 10.1. The van der Waals surface area contributed by atoms with Gasteiger partial charge in [0.05, 0.1) is 6.61 Å². The Morgan fingerprint density at radius 1 is 1.57 bits per heavy atom. The van der Waals surface area contributed by atoms with Crippen LogP contribution >= 0.6 is 0 Å². The van der Waals surface area contributed by atoms with E-state index in [0.29, 0.717) is 6.61 Å². The van der Waals surface area contributed by atoms with E-state index in [0.717, 1.165) is 25.0 Å². The molecule has 1 saturated heterocycles. The molecule has 0 spiro atoms. The molecular formula is C6H9O. The van der Waals surface area contributed by atoms with Crippen LogP contribution in [0.3, 0.4) is 0 Å². The van der Waals surface area contributed by atoms with E-state index in [-0.39, 0.29) is 0 Å². The molecule has 0 N–H and O–H groups in total. The Morgan fingerprint density at radius 3 is 2.71 bits per heavy atom. The normalized spacial score (nSPS) is 22.6. The Kier molecular flexibility index (Phi) is 1.47. The fourth-order valence-electron chi connectivity index (χ4n) is 0.677. The third-order valence-electron chi connectivity index (χ3n) is 1.07. The summed E-state index contributed by atoms with van der Waals surface area (Å²) in [4.78, 5) is 0. The fraction of sp³-hybridized carbons (Fsp3) is 0.667. The van der Waals surface area contributed by atoms with Crippen LogP contribution in [0.2, 0.25) is 0 Å². The highest BCUT2D eigenvalue weighted by molar-refractivity contribution is 4.92. The van der Waals surface area contributed by atoms with E-state index < -0.39 is 0 Å². The first-order valence-corrected chi connectivity index (χ1v) is 2.57. The van der Waals surface area contributed by atoms with Crippen LogP contribution in [-0.2, 0) is 4.74 Å². The van der Waals surface area contributed by atoms with Crippen LogP contribution in [0.5, 0.6) is 0 Å². The number of rotatable bonds is 0. The first kappa shape index (κ1) is 4.85. The van der Waals surface area contributed by atoms with Crippen molar-refractivity contribution >= 4 is 0 Å². The molecule has 1 heteroatoms. The maximum absolute atomic E-state index is 5.43. The second-order valence-corrected chi connectivity index (χ2v) is 1.81. The van der Waals surface area contributed by atoms with E-state index in [1.807, 2.05) is 0 Å². The van der Waals surface area contributed by atoms with E-state index in [1.165, 1.54) is 0 Å². The number of hydrogen-bond acceptors (Lipinski definition) is 1. The summed E-state index contributed by atoms with van der Waals surface area (Å²) in [5.74, 6) is 0. The van der Waals surface area contributed by atoms with Crippen molar-refractivity contribution in [2.45, 2.75) is 12.8 Å². The summed E-state index contributed by atoms with van der Waals surface area (Å²) in [5.41, 5.74) is 0.992. The van der Waals surface area contributed by atoms with Gasteiger partial charge < -0.3 is 4.74 Å². The second-order valence-electron chi connectivity index (χ2n) is 1.81. The molecule has 39 valence electrons. The summed E-state index contributed by atoms with van der Waals surface area (Å²) in [6, 6.07) is 0. The van der Waals surface area contributed by atoms with Gasteiger partial charge in [0.2, 0.25) is 0 Å². The molecule has 1 nitrogen and oxygen atoms in total. The molecule has 0 saturated carbocycles. The third kappa shape index (κ3) is 1.32. The molecule has 0 bridgehead atoms. The minimum absolute atomic E-state index is 0.681. The van der Waals surface area contributed by atoms with Gasteiger partial charge >= 0.3 is 0 Å². The Morgan fingerprint density at radius 2 is 2.43 bits per heavy atom. The average molecular weight is 97.1 g/mol. The van der Waals surface area contributed by atoms with Crippen molar-refractivity contribution in [1.82, 2.24) is 0 Å². The van der Waals surface area contributed by atoms with Crippen molar-refractivity contribution in [3.63, 3.8) is 0 Å². The fourth-order valence-corrected chi connectivity index (χ4v) is 0.677. The quantitative estimate of drug-likeness (QED) is 0.440. The van der Waals surface area contributed by atoms with Gasteiger partial charge in [0.25, 0.3) is 0 Å². The monoisotopic (exact) mass is 97.1 g/mol. The lowest BCUT2D eigenvalue weighted by Gasteiger charge is -2.11. The van der Waals surface area contributed by atoms with E-state index in [2.05, 4.69) is 0 Å². The van der Waals surface area contributed by atoms with Gasteiger partial charge in [0, 0.05) is 6.61 Å². The van der Waals surface area contributed by atoms with E-state index in [1.54, 1.807) is 0 Å². The zero-order valence-corrected chi connectivity index (χ0v) is 4.31. The van der Waals surface area contributed by atoms with Gasteiger partial charge in [-0.15, -0.1) is 0 Å². The topological polar surface area (TPSA) is 9.23 Å². The van der Waals surface area contributed by atoms with Crippen molar-refractivity contribution in [2.75, 3.05) is 13.2 Å². The first-order valence-electron chi connectivity index (χ1n) is 2.57. The summed E-state index contributed by atoms with van der Waals surface area (Å²) in [7, 11) is 0. The predicted molar refractivity (Wildman–Crippen MR) is 27.9 cm³/mol. The molecular weight excluding hydrogens is 88.1 g/mol. The zero-order chi connectivity index (χ0) is 5.11. The molecule has 1 fully saturated rings. The molecule has 0 unspecified atom stereocenters. The lowest BCUT2D eigenvalue weighted by molar-refractivity contribution is 0.130. The second kappa shape index (κ2) is 2.12. The summed E-state index contributed by atoms with van der Waals surface area (Å²) in [6.45, 7) is 7.00. The van der Waals surface area contributed by atoms with Crippen LogP contribution in [0, 0.1) is 6.58 Å². The first-order chi connectivity index (χ1) is 3.39. The minimum atomic E-state index is 0.681. The summed E-state index contributed by atoms with van der Waals surface area (Å²) in [6.07, 6.45) is 2.16. The van der Waals surface area contributed by atoms with Crippen LogP contribution in [0.25, 0.3) is 0 Å². The molecule has 0 amide bonds. The molecule has 1 radical (unpaired) electrons. The van der Waals surface area contributed by atoms with Gasteiger partial charge in [-0.25, -0.2) is 0 Å². The molecule has 1 aliphatic rings. The molecule has 1 aliphatic heterocycles. The largest absolute Gasteiger partial charge is 0.377 e. The third-order valence-corrected chi connectivity index (χ3v) is 1.07. The van der Waals surface area contributed by atoms with Gasteiger partial charge in [-0.1, -0.05) is 6.58 Å². The summed E-state index contributed by atoms with van der Waals surface area (Å²) >= 11 is 0. The predicted octanol–water partition coefficient (Wildman–Crippen LogP) is 1.16. The molecule has 0 aromatic rings. The van der Waals surface area contributed by atoms with E-state index in [4.69, 9.17) is 11.3 Å².